The minimum Gasteiger partial charge on any atom is -0.497 e. The van der Waals surface area contributed by atoms with Crippen LogP contribution in [0.5, 0.6) is 11.5 Å². The number of methoxy groups -OCH3 is 1. The van der Waals surface area contributed by atoms with Gasteiger partial charge in [0.15, 0.2) is 11.6 Å². The lowest BCUT2D eigenvalue weighted by atomic mass is 10.3. The highest BCUT2D eigenvalue weighted by Gasteiger charge is 2.10. The Labute approximate surface area is 122 Å². The molecule has 112 valence electrons. The molecule has 2 rings (SSSR count). The van der Waals surface area contributed by atoms with Crippen molar-refractivity contribution in [3.63, 3.8) is 0 Å². The SMILES string of the molecule is CCOC(=O)Cc1n[nH]c(COc2ccc(OC)cc2)n1. The first-order valence-corrected chi connectivity index (χ1v) is 6.54. The van der Waals surface area contributed by atoms with Gasteiger partial charge in [0.2, 0.25) is 0 Å². The molecule has 1 aromatic heterocycles. The van der Waals surface area contributed by atoms with Gasteiger partial charge in [-0.1, -0.05) is 0 Å². The molecular formula is C14H17N3O4. The molecule has 1 N–H and O–H groups in total. The van der Waals surface area contributed by atoms with Crippen LogP contribution in [0.1, 0.15) is 18.6 Å². The lowest BCUT2D eigenvalue weighted by molar-refractivity contribution is -0.142. The van der Waals surface area contributed by atoms with Gasteiger partial charge in [-0.15, -0.1) is 0 Å². The zero-order valence-corrected chi connectivity index (χ0v) is 12.0. The van der Waals surface area contributed by atoms with Crippen LogP contribution in [-0.2, 0) is 22.6 Å². The van der Waals surface area contributed by atoms with Crippen LogP contribution in [0.4, 0.5) is 0 Å². The molecule has 0 amide bonds. The standard InChI is InChI=1S/C14H17N3O4/c1-3-20-14(18)8-12-15-13(17-16-12)9-21-11-6-4-10(19-2)5-7-11/h4-7H,3,8-9H2,1-2H3,(H,15,16,17). The minimum absolute atomic E-state index is 0.0485. The van der Waals surface area contributed by atoms with Crippen molar-refractivity contribution in [2.45, 2.75) is 20.0 Å². The normalized spacial score (nSPS) is 10.2. The van der Waals surface area contributed by atoms with Gasteiger partial charge in [-0.2, -0.15) is 5.10 Å². The zero-order valence-electron chi connectivity index (χ0n) is 12.0. The number of esters is 1. The fourth-order valence-electron chi connectivity index (χ4n) is 1.64. The Kier molecular flexibility index (Phi) is 5.14. The number of carbonyl (C=O) groups excluding carboxylic acids is 1. The van der Waals surface area contributed by atoms with E-state index in [0.29, 0.717) is 24.0 Å². The average molecular weight is 291 g/mol. The maximum atomic E-state index is 11.3. The fraction of sp³-hybridized carbons (Fsp3) is 0.357. The fourth-order valence-corrected chi connectivity index (χ4v) is 1.64. The van der Waals surface area contributed by atoms with E-state index in [-0.39, 0.29) is 19.0 Å². The molecule has 21 heavy (non-hydrogen) atoms. The van der Waals surface area contributed by atoms with E-state index in [0.717, 1.165) is 5.75 Å². The first kappa shape index (κ1) is 14.8. The Balaban J connectivity index is 1.85. The van der Waals surface area contributed by atoms with E-state index in [1.807, 2.05) is 12.1 Å². The Bertz CT molecular complexity index is 580. The number of H-pyrrole nitrogens is 1. The number of hydrogen-bond donors (Lipinski definition) is 1. The number of carbonyl (C=O) groups is 1. The quantitative estimate of drug-likeness (QED) is 0.778. The molecule has 0 unspecified atom stereocenters. The van der Waals surface area contributed by atoms with Crippen LogP contribution in [0.25, 0.3) is 0 Å². The Morgan fingerprint density at radius 3 is 2.62 bits per heavy atom. The van der Waals surface area contributed by atoms with Gasteiger partial charge in [0.25, 0.3) is 0 Å². The van der Waals surface area contributed by atoms with Crippen LogP contribution in [-0.4, -0.2) is 34.9 Å². The van der Waals surface area contributed by atoms with Crippen LogP contribution < -0.4 is 9.47 Å². The van der Waals surface area contributed by atoms with Gasteiger partial charge in [0.1, 0.15) is 24.5 Å². The van der Waals surface area contributed by atoms with Gasteiger partial charge in [0.05, 0.1) is 13.7 Å². The molecule has 0 saturated carbocycles. The largest absolute Gasteiger partial charge is 0.497 e. The van der Waals surface area contributed by atoms with Crippen LogP contribution in [0.15, 0.2) is 24.3 Å². The number of benzene rings is 1. The molecule has 7 heteroatoms. The first-order chi connectivity index (χ1) is 10.2. The van der Waals surface area contributed by atoms with Crippen molar-refractivity contribution in [1.29, 1.82) is 0 Å². The lowest BCUT2D eigenvalue weighted by Crippen LogP contribution is -2.08. The molecule has 0 spiro atoms. The summed E-state index contributed by atoms with van der Waals surface area (Å²) in [4.78, 5) is 15.5. The number of rotatable bonds is 7. The van der Waals surface area contributed by atoms with Gasteiger partial charge >= 0.3 is 5.97 Å². The summed E-state index contributed by atoms with van der Waals surface area (Å²) in [6.07, 6.45) is 0.0485. The monoisotopic (exact) mass is 291 g/mol. The third kappa shape index (κ3) is 4.48. The van der Waals surface area contributed by atoms with Crippen molar-refractivity contribution < 1.29 is 19.0 Å². The predicted octanol–water partition coefficient (Wildman–Crippen LogP) is 1.50. The second kappa shape index (κ2) is 7.28. The van der Waals surface area contributed by atoms with E-state index in [4.69, 9.17) is 14.2 Å². The van der Waals surface area contributed by atoms with Crippen LogP contribution in [0.2, 0.25) is 0 Å². The summed E-state index contributed by atoms with van der Waals surface area (Å²) in [5.41, 5.74) is 0. The lowest BCUT2D eigenvalue weighted by Gasteiger charge is -2.04. The van der Waals surface area contributed by atoms with Gasteiger partial charge in [-0.05, 0) is 31.2 Å². The van der Waals surface area contributed by atoms with Gasteiger partial charge in [-0.25, -0.2) is 4.98 Å². The highest BCUT2D eigenvalue weighted by molar-refractivity contribution is 5.71. The maximum absolute atomic E-state index is 11.3. The Morgan fingerprint density at radius 1 is 1.24 bits per heavy atom. The molecule has 0 radical (unpaired) electrons. The van der Waals surface area contributed by atoms with E-state index >= 15 is 0 Å². The molecule has 0 aliphatic carbocycles. The summed E-state index contributed by atoms with van der Waals surface area (Å²) in [7, 11) is 1.61. The van der Waals surface area contributed by atoms with Crippen molar-refractivity contribution >= 4 is 5.97 Å². The molecule has 0 fully saturated rings. The maximum Gasteiger partial charge on any atom is 0.313 e. The predicted molar refractivity (Wildman–Crippen MR) is 74.0 cm³/mol. The second-order valence-corrected chi connectivity index (χ2v) is 4.14. The van der Waals surface area contributed by atoms with Crippen molar-refractivity contribution in [2.75, 3.05) is 13.7 Å². The number of aromatic amines is 1. The van der Waals surface area contributed by atoms with Crippen LogP contribution >= 0.6 is 0 Å². The molecule has 0 aliphatic heterocycles. The van der Waals surface area contributed by atoms with Crippen LogP contribution in [0, 0.1) is 0 Å². The first-order valence-electron chi connectivity index (χ1n) is 6.54. The van der Waals surface area contributed by atoms with E-state index in [1.54, 1.807) is 26.2 Å². The summed E-state index contributed by atoms with van der Waals surface area (Å²) in [6, 6.07) is 7.22. The van der Waals surface area contributed by atoms with Gasteiger partial charge in [0, 0.05) is 0 Å². The highest BCUT2D eigenvalue weighted by atomic mass is 16.5. The average Bonchev–Trinajstić information content (AvgIpc) is 2.93. The molecule has 0 saturated heterocycles. The van der Waals surface area contributed by atoms with Crippen molar-refractivity contribution in [3.8, 4) is 11.5 Å². The van der Waals surface area contributed by atoms with Crippen molar-refractivity contribution in [3.05, 3.63) is 35.9 Å². The smallest absolute Gasteiger partial charge is 0.313 e. The van der Waals surface area contributed by atoms with Crippen molar-refractivity contribution in [1.82, 2.24) is 15.2 Å². The number of nitrogens with one attached hydrogen (secondary N) is 1. The number of nitrogens with zero attached hydrogens (tertiary/aromatic N) is 2. The second-order valence-electron chi connectivity index (χ2n) is 4.14. The summed E-state index contributed by atoms with van der Waals surface area (Å²) < 4.78 is 15.4. The third-order valence-electron chi connectivity index (χ3n) is 2.62. The third-order valence-corrected chi connectivity index (χ3v) is 2.62. The Morgan fingerprint density at radius 2 is 1.95 bits per heavy atom. The Hall–Kier alpha value is -2.57. The van der Waals surface area contributed by atoms with E-state index < -0.39 is 0 Å². The molecule has 0 bridgehead atoms. The number of hydrogen-bond acceptors (Lipinski definition) is 6. The molecule has 0 aliphatic rings. The van der Waals surface area contributed by atoms with E-state index in [9.17, 15) is 4.79 Å². The molecule has 1 aromatic carbocycles. The van der Waals surface area contributed by atoms with Gasteiger partial charge in [-0.3, -0.25) is 9.89 Å². The van der Waals surface area contributed by atoms with Crippen LogP contribution in [0.3, 0.4) is 0 Å². The molecular weight excluding hydrogens is 274 g/mol. The van der Waals surface area contributed by atoms with E-state index in [1.165, 1.54) is 0 Å². The zero-order chi connectivity index (χ0) is 15.1. The minimum atomic E-state index is -0.348. The molecule has 7 nitrogen and oxygen atoms in total. The summed E-state index contributed by atoms with van der Waals surface area (Å²) >= 11 is 0. The number of ether oxygens (including phenoxy) is 3. The molecule has 2 aromatic rings. The molecule has 1 heterocycles. The highest BCUT2D eigenvalue weighted by Crippen LogP contribution is 2.17. The summed E-state index contributed by atoms with van der Waals surface area (Å²) in [6.45, 7) is 2.34. The van der Waals surface area contributed by atoms with E-state index in [2.05, 4.69) is 15.2 Å². The summed E-state index contributed by atoms with van der Waals surface area (Å²) in [5.74, 6) is 2.05. The molecule has 0 atom stereocenters. The van der Waals surface area contributed by atoms with Gasteiger partial charge < -0.3 is 14.2 Å². The summed E-state index contributed by atoms with van der Waals surface area (Å²) in [5, 5.41) is 6.67. The van der Waals surface area contributed by atoms with Crippen molar-refractivity contribution in [2.24, 2.45) is 0 Å². The topological polar surface area (TPSA) is 86.3 Å². The number of aromatic nitrogens is 3.